The van der Waals surface area contributed by atoms with Crippen molar-refractivity contribution in [2.75, 3.05) is 5.32 Å². The summed E-state index contributed by atoms with van der Waals surface area (Å²) in [6.45, 7) is 1.97. The maximum Gasteiger partial charge on any atom is 0.269 e. The summed E-state index contributed by atoms with van der Waals surface area (Å²) >= 11 is 0. The van der Waals surface area contributed by atoms with Crippen molar-refractivity contribution >= 4 is 28.3 Å². The van der Waals surface area contributed by atoms with Crippen LogP contribution in [0.3, 0.4) is 0 Å². The van der Waals surface area contributed by atoms with Gasteiger partial charge in [-0.2, -0.15) is 0 Å². The van der Waals surface area contributed by atoms with Crippen molar-refractivity contribution in [3.8, 4) is 11.3 Å². The van der Waals surface area contributed by atoms with Gasteiger partial charge in [-0.05, 0) is 60.5 Å². The third-order valence-electron chi connectivity index (χ3n) is 5.68. The second-order valence-electron chi connectivity index (χ2n) is 8.04. The lowest BCUT2D eigenvalue weighted by atomic mass is 10.0. The molecule has 0 spiro atoms. The second-order valence-corrected chi connectivity index (χ2v) is 8.04. The number of benzene rings is 2. The smallest absolute Gasteiger partial charge is 0.269 e. The van der Waals surface area contributed by atoms with Gasteiger partial charge in [-0.1, -0.05) is 6.07 Å². The Kier molecular flexibility index (Phi) is 5.72. The average molecular weight is 464 g/mol. The van der Waals surface area contributed by atoms with Gasteiger partial charge in [0.15, 0.2) is 0 Å². The lowest BCUT2D eigenvalue weighted by Gasteiger charge is -2.11. The summed E-state index contributed by atoms with van der Waals surface area (Å²) in [7, 11) is 0. The van der Waals surface area contributed by atoms with Crippen LogP contribution in [0.25, 0.3) is 22.3 Å². The van der Waals surface area contributed by atoms with Gasteiger partial charge in [0.1, 0.15) is 5.82 Å². The van der Waals surface area contributed by atoms with Gasteiger partial charge in [-0.3, -0.25) is 19.9 Å². The zero-order valence-corrected chi connectivity index (χ0v) is 18.7. The minimum absolute atomic E-state index is 0.0616. The SMILES string of the molecule is Cc1cc(NC(=O)c2ccc([N+](=O)[O-])cc2)ccc1Cc1nc(-c2cccnc2)c2[nH]ccc2n1. The van der Waals surface area contributed by atoms with E-state index in [9.17, 15) is 14.9 Å². The van der Waals surface area contributed by atoms with E-state index in [-0.39, 0.29) is 11.6 Å². The predicted octanol–water partition coefficient (Wildman–Crippen LogP) is 5.08. The highest BCUT2D eigenvalue weighted by Crippen LogP contribution is 2.26. The number of aromatic nitrogens is 4. The molecule has 0 radical (unpaired) electrons. The van der Waals surface area contributed by atoms with Crippen LogP contribution in [0, 0.1) is 17.0 Å². The van der Waals surface area contributed by atoms with Crippen molar-refractivity contribution in [1.82, 2.24) is 19.9 Å². The van der Waals surface area contributed by atoms with Crippen molar-refractivity contribution < 1.29 is 9.72 Å². The largest absolute Gasteiger partial charge is 0.358 e. The summed E-state index contributed by atoms with van der Waals surface area (Å²) in [5, 5.41) is 13.6. The number of non-ortho nitro benzene ring substituents is 1. The number of fused-ring (bicyclic) bond motifs is 1. The molecule has 0 saturated heterocycles. The number of amides is 1. The predicted molar refractivity (Wildman–Crippen MR) is 132 cm³/mol. The molecule has 3 heterocycles. The summed E-state index contributed by atoms with van der Waals surface area (Å²) in [4.78, 5) is 39.8. The Morgan fingerprint density at radius 2 is 1.91 bits per heavy atom. The minimum atomic E-state index is -0.499. The number of aromatic amines is 1. The van der Waals surface area contributed by atoms with Crippen LogP contribution in [0.15, 0.2) is 79.3 Å². The van der Waals surface area contributed by atoms with Crippen molar-refractivity contribution in [3.05, 3.63) is 112 Å². The van der Waals surface area contributed by atoms with Gasteiger partial charge in [0.05, 0.1) is 21.7 Å². The van der Waals surface area contributed by atoms with E-state index in [2.05, 4.69) is 15.3 Å². The molecule has 0 aliphatic rings. The number of pyridine rings is 1. The zero-order chi connectivity index (χ0) is 24.4. The van der Waals surface area contributed by atoms with Gasteiger partial charge in [0.25, 0.3) is 11.6 Å². The molecule has 3 aromatic heterocycles. The standard InChI is InChI=1S/C26H20N6O3/c1-16-13-20(29-26(33)17-5-8-21(9-6-17)32(34)35)7-4-18(16)14-23-30-22-10-12-28-25(22)24(31-23)19-3-2-11-27-15-19/h2-13,15,28H,14H2,1H3,(H,29,33). The molecule has 1 amide bonds. The highest BCUT2D eigenvalue weighted by atomic mass is 16.6. The molecule has 5 rings (SSSR count). The first-order valence-electron chi connectivity index (χ1n) is 10.9. The number of hydrogen-bond donors (Lipinski definition) is 2. The molecule has 9 nitrogen and oxygen atoms in total. The summed E-state index contributed by atoms with van der Waals surface area (Å²) < 4.78 is 0. The molecule has 0 atom stereocenters. The van der Waals surface area contributed by atoms with Gasteiger partial charge >= 0.3 is 0 Å². The topological polar surface area (TPSA) is 127 Å². The second kappa shape index (κ2) is 9.14. The quantitative estimate of drug-likeness (QED) is 0.266. The van der Waals surface area contributed by atoms with Crippen molar-refractivity contribution in [3.63, 3.8) is 0 Å². The van der Waals surface area contributed by atoms with E-state index in [0.29, 0.717) is 23.5 Å². The maximum absolute atomic E-state index is 12.5. The van der Waals surface area contributed by atoms with Gasteiger partial charge in [-0.25, -0.2) is 9.97 Å². The summed E-state index contributed by atoms with van der Waals surface area (Å²) in [6, 6.07) is 16.9. The Labute approximate surface area is 200 Å². The fourth-order valence-electron chi connectivity index (χ4n) is 3.86. The average Bonchev–Trinajstić information content (AvgIpc) is 3.34. The first kappa shape index (κ1) is 21.9. The number of H-pyrrole nitrogens is 1. The molecule has 0 aliphatic heterocycles. The zero-order valence-electron chi connectivity index (χ0n) is 18.7. The third-order valence-corrected chi connectivity index (χ3v) is 5.68. The lowest BCUT2D eigenvalue weighted by molar-refractivity contribution is -0.384. The number of hydrogen-bond acceptors (Lipinski definition) is 6. The van der Waals surface area contributed by atoms with E-state index < -0.39 is 4.92 Å². The van der Waals surface area contributed by atoms with E-state index in [1.807, 2.05) is 49.5 Å². The molecule has 5 aromatic rings. The molecule has 9 heteroatoms. The minimum Gasteiger partial charge on any atom is -0.358 e. The number of carbonyl (C=O) groups is 1. The van der Waals surface area contributed by atoms with E-state index >= 15 is 0 Å². The summed E-state index contributed by atoms with van der Waals surface area (Å²) in [6.07, 6.45) is 5.87. The van der Waals surface area contributed by atoms with Crippen molar-refractivity contribution in [2.45, 2.75) is 13.3 Å². The van der Waals surface area contributed by atoms with Crippen LogP contribution < -0.4 is 5.32 Å². The van der Waals surface area contributed by atoms with Crippen LogP contribution in [0.5, 0.6) is 0 Å². The first-order chi connectivity index (χ1) is 17.0. The van der Waals surface area contributed by atoms with E-state index in [1.54, 1.807) is 12.4 Å². The molecule has 0 aliphatic carbocycles. The monoisotopic (exact) mass is 464 g/mol. The highest BCUT2D eigenvalue weighted by Gasteiger charge is 2.14. The van der Waals surface area contributed by atoms with Crippen LogP contribution in [0.2, 0.25) is 0 Å². The summed E-state index contributed by atoms with van der Waals surface area (Å²) in [5.41, 5.74) is 6.32. The molecular formula is C26H20N6O3. The van der Waals surface area contributed by atoms with Crippen LogP contribution in [0.4, 0.5) is 11.4 Å². The molecular weight excluding hydrogens is 444 g/mol. The number of rotatable bonds is 6. The number of carbonyl (C=O) groups excluding carboxylic acids is 1. The van der Waals surface area contributed by atoms with Gasteiger partial charge in [-0.15, -0.1) is 0 Å². The molecule has 172 valence electrons. The lowest BCUT2D eigenvalue weighted by Crippen LogP contribution is -2.12. The maximum atomic E-state index is 12.5. The van der Waals surface area contributed by atoms with Crippen LogP contribution >= 0.6 is 0 Å². The molecule has 35 heavy (non-hydrogen) atoms. The van der Waals surface area contributed by atoms with Gasteiger partial charge in [0.2, 0.25) is 0 Å². The number of aryl methyl sites for hydroxylation is 1. The first-order valence-corrected chi connectivity index (χ1v) is 10.9. The van der Waals surface area contributed by atoms with Crippen LogP contribution in [0.1, 0.15) is 27.3 Å². The van der Waals surface area contributed by atoms with E-state index in [0.717, 1.165) is 33.4 Å². The third kappa shape index (κ3) is 4.60. The Bertz CT molecular complexity index is 1550. The normalized spacial score (nSPS) is 10.9. The van der Waals surface area contributed by atoms with Crippen molar-refractivity contribution in [2.24, 2.45) is 0 Å². The fraction of sp³-hybridized carbons (Fsp3) is 0.0769. The van der Waals surface area contributed by atoms with E-state index in [4.69, 9.17) is 9.97 Å². The molecule has 0 saturated carbocycles. The highest BCUT2D eigenvalue weighted by molar-refractivity contribution is 6.04. The number of nitro groups is 1. The number of anilines is 1. The number of nitrogens with zero attached hydrogens (tertiary/aromatic N) is 4. The number of nitrogens with one attached hydrogen (secondary N) is 2. The Hall–Kier alpha value is -4.92. The Morgan fingerprint density at radius 3 is 2.63 bits per heavy atom. The number of nitro benzene ring substituents is 1. The molecule has 2 N–H and O–H groups in total. The van der Waals surface area contributed by atoms with Gasteiger partial charge < -0.3 is 10.3 Å². The molecule has 0 unspecified atom stereocenters. The fourth-order valence-corrected chi connectivity index (χ4v) is 3.86. The van der Waals surface area contributed by atoms with Crippen molar-refractivity contribution in [1.29, 1.82) is 0 Å². The summed E-state index contributed by atoms with van der Waals surface area (Å²) in [5.74, 6) is 0.344. The Morgan fingerprint density at radius 1 is 1.09 bits per heavy atom. The molecule has 2 aromatic carbocycles. The molecule has 0 fully saturated rings. The van der Waals surface area contributed by atoms with Crippen LogP contribution in [-0.2, 0) is 6.42 Å². The Balaban J connectivity index is 1.37. The van der Waals surface area contributed by atoms with Crippen LogP contribution in [-0.4, -0.2) is 30.8 Å². The molecule has 0 bridgehead atoms. The van der Waals surface area contributed by atoms with Gasteiger partial charge in [0, 0.05) is 54.0 Å². The van der Waals surface area contributed by atoms with E-state index in [1.165, 1.54) is 24.3 Å².